The van der Waals surface area contributed by atoms with Crippen LogP contribution in [0.2, 0.25) is 0 Å². The highest BCUT2D eigenvalue weighted by Gasteiger charge is 2.26. The molecule has 0 aliphatic heterocycles. The van der Waals surface area contributed by atoms with Gasteiger partial charge in [-0.25, -0.2) is 13.8 Å². The minimum atomic E-state index is -3.05. The van der Waals surface area contributed by atoms with Gasteiger partial charge in [-0.05, 0) is 6.92 Å². The SMILES string of the molecule is Cc1csc(CNCC(F)(F)CO)n1. The van der Waals surface area contributed by atoms with E-state index in [9.17, 15) is 8.78 Å². The lowest BCUT2D eigenvalue weighted by Crippen LogP contribution is -2.35. The summed E-state index contributed by atoms with van der Waals surface area (Å²) in [6.45, 7) is 0.509. The summed E-state index contributed by atoms with van der Waals surface area (Å²) in [6, 6.07) is 0. The molecular formula is C8H12F2N2OS. The number of hydrogen-bond donors (Lipinski definition) is 2. The van der Waals surface area contributed by atoms with Crippen molar-refractivity contribution >= 4 is 11.3 Å². The Morgan fingerprint density at radius 3 is 2.86 bits per heavy atom. The van der Waals surface area contributed by atoms with Gasteiger partial charge in [0.05, 0.1) is 6.54 Å². The summed E-state index contributed by atoms with van der Waals surface area (Å²) in [4.78, 5) is 4.10. The monoisotopic (exact) mass is 222 g/mol. The third kappa shape index (κ3) is 3.65. The lowest BCUT2D eigenvalue weighted by Gasteiger charge is -2.12. The number of rotatable bonds is 5. The molecule has 80 valence electrons. The molecule has 14 heavy (non-hydrogen) atoms. The van der Waals surface area contributed by atoms with Crippen molar-refractivity contribution in [2.75, 3.05) is 13.2 Å². The van der Waals surface area contributed by atoms with Gasteiger partial charge >= 0.3 is 0 Å². The van der Waals surface area contributed by atoms with Gasteiger partial charge in [-0.3, -0.25) is 0 Å². The molecule has 2 N–H and O–H groups in total. The first kappa shape index (κ1) is 11.5. The Kier molecular flexibility index (Phi) is 3.91. The van der Waals surface area contributed by atoms with Crippen LogP contribution in [0.5, 0.6) is 0 Å². The molecule has 6 heteroatoms. The molecule has 1 aromatic heterocycles. The molecule has 1 aromatic rings. The van der Waals surface area contributed by atoms with Crippen LogP contribution in [-0.2, 0) is 6.54 Å². The number of aromatic nitrogens is 1. The highest BCUT2D eigenvalue weighted by molar-refractivity contribution is 7.09. The Morgan fingerprint density at radius 2 is 2.36 bits per heavy atom. The fraction of sp³-hybridized carbons (Fsp3) is 0.625. The number of aliphatic hydroxyl groups excluding tert-OH is 1. The largest absolute Gasteiger partial charge is 0.390 e. The molecule has 1 rings (SSSR count). The normalized spacial score (nSPS) is 12.0. The Labute approximate surface area is 84.8 Å². The van der Waals surface area contributed by atoms with Crippen molar-refractivity contribution in [3.8, 4) is 0 Å². The van der Waals surface area contributed by atoms with Gasteiger partial charge in [0.15, 0.2) is 0 Å². The van der Waals surface area contributed by atoms with E-state index in [-0.39, 0.29) is 0 Å². The lowest BCUT2D eigenvalue weighted by atomic mass is 10.3. The number of nitrogens with one attached hydrogen (secondary N) is 1. The van der Waals surface area contributed by atoms with Crippen molar-refractivity contribution < 1.29 is 13.9 Å². The van der Waals surface area contributed by atoms with E-state index < -0.39 is 19.1 Å². The second-order valence-corrected chi connectivity index (χ2v) is 3.94. The summed E-state index contributed by atoms with van der Waals surface area (Å²) in [7, 11) is 0. The number of thiazole rings is 1. The maximum absolute atomic E-state index is 12.5. The third-order valence-corrected chi connectivity index (χ3v) is 2.52. The van der Waals surface area contributed by atoms with E-state index in [4.69, 9.17) is 5.11 Å². The summed E-state index contributed by atoms with van der Waals surface area (Å²) >= 11 is 1.43. The molecule has 3 nitrogen and oxygen atoms in total. The van der Waals surface area contributed by atoms with Gasteiger partial charge in [-0.15, -0.1) is 11.3 Å². The van der Waals surface area contributed by atoms with Crippen molar-refractivity contribution in [3.05, 3.63) is 16.1 Å². The fourth-order valence-electron chi connectivity index (χ4n) is 0.892. The minimum absolute atomic E-state index is 0.314. The van der Waals surface area contributed by atoms with Crippen LogP contribution in [0.25, 0.3) is 0 Å². The van der Waals surface area contributed by atoms with Gasteiger partial charge in [0, 0.05) is 17.6 Å². The summed E-state index contributed by atoms with van der Waals surface area (Å²) in [6.07, 6.45) is 0. The number of halogens is 2. The first-order valence-electron chi connectivity index (χ1n) is 4.14. The molecule has 0 atom stereocenters. The van der Waals surface area contributed by atoms with Gasteiger partial charge in [0.2, 0.25) is 0 Å². The Hall–Kier alpha value is -0.590. The molecule has 0 bridgehead atoms. The van der Waals surface area contributed by atoms with Crippen LogP contribution in [0.15, 0.2) is 5.38 Å². The van der Waals surface area contributed by atoms with E-state index in [2.05, 4.69) is 10.3 Å². The number of nitrogens with zero attached hydrogens (tertiary/aromatic N) is 1. The van der Waals surface area contributed by atoms with Crippen LogP contribution < -0.4 is 5.32 Å². The molecule has 0 radical (unpaired) electrons. The van der Waals surface area contributed by atoms with Crippen LogP contribution in [0.1, 0.15) is 10.7 Å². The smallest absolute Gasteiger partial charge is 0.282 e. The molecule has 0 amide bonds. The second-order valence-electron chi connectivity index (χ2n) is 3.00. The molecule has 0 saturated carbocycles. The quantitative estimate of drug-likeness (QED) is 0.786. The van der Waals surface area contributed by atoms with Crippen molar-refractivity contribution in [2.45, 2.75) is 19.4 Å². The van der Waals surface area contributed by atoms with Crippen LogP contribution in [0, 0.1) is 6.92 Å². The highest BCUT2D eigenvalue weighted by Crippen LogP contribution is 2.11. The van der Waals surface area contributed by atoms with Crippen LogP contribution in [-0.4, -0.2) is 29.2 Å². The van der Waals surface area contributed by atoms with Crippen LogP contribution >= 0.6 is 11.3 Å². The van der Waals surface area contributed by atoms with Crippen molar-refractivity contribution in [1.29, 1.82) is 0 Å². The Balaban J connectivity index is 2.28. The van der Waals surface area contributed by atoms with Crippen molar-refractivity contribution in [3.63, 3.8) is 0 Å². The van der Waals surface area contributed by atoms with E-state index in [1.165, 1.54) is 11.3 Å². The van der Waals surface area contributed by atoms with Gasteiger partial charge in [0.1, 0.15) is 11.6 Å². The van der Waals surface area contributed by atoms with E-state index >= 15 is 0 Å². The number of aryl methyl sites for hydroxylation is 1. The minimum Gasteiger partial charge on any atom is -0.390 e. The van der Waals surface area contributed by atoms with Gasteiger partial charge < -0.3 is 10.4 Å². The standard InChI is InChI=1S/C8H12F2N2OS/c1-6-3-14-7(12-6)2-11-4-8(9,10)5-13/h3,11,13H,2,4-5H2,1H3. The summed E-state index contributed by atoms with van der Waals surface area (Å²) in [5.74, 6) is -3.05. The van der Waals surface area contributed by atoms with Gasteiger partial charge in [0.25, 0.3) is 5.92 Å². The first-order chi connectivity index (χ1) is 6.53. The summed E-state index contributed by atoms with van der Waals surface area (Å²) in [5, 5.41) is 13.5. The zero-order valence-corrected chi connectivity index (χ0v) is 8.57. The van der Waals surface area contributed by atoms with Crippen LogP contribution in [0.4, 0.5) is 8.78 Å². The van der Waals surface area contributed by atoms with Gasteiger partial charge in [-0.1, -0.05) is 0 Å². The molecular weight excluding hydrogens is 210 g/mol. The summed E-state index contributed by atoms with van der Waals surface area (Å²) in [5.41, 5.74) is 0.890. The predicted octanol–water partition coefficient (Wildman–Crippen LogP) is 1.17. The van der Waals surface area contributed by atoms with E-state index in [0.29, 0.717) is 6.54 Å². The Morgan fingerprint density at radius 1 is 1.64 bits per heavy atom. The molecule has 0 unspecified atom stereocenters. The van der Waals surface area contributed by atoms with Gasteiger partial charge in [-0.2, -0.15) is 0 Å². The maximum Gasteiger partial charge on any atom is 0.282 e. The first-order valence-corrected chi connectivity index (χ1v) is 5.02. The maximum atomic E-state index is 12.5. The molecule has 0 aromatic carbocycles. The topological polar surface area (TPSA) is 45.1 Å². The van der Waals surface area contributed by atoms with Crippen LogP contribution in [0.3, 0.4) is 0 Å². The van der Waals surface area contributed by atoms with Crippen molar-refractivity contribution in [1.82, 2.24) is 10.3 Å². The van der Waals surface area contributed by atoms with E-state index in [1.54, 1.807) is 0 Å². The van der Waals surface area contributed by atoms with E-state index in [0.717, 1.165) is 10.7 Å². The van der Waals surface area contributed by atoms with Crippen molar-refractivity contribution in [2.24, 2.45) is 0 Å². The molecule has 0 fully saturated rings. The molecule has 0 spiro atoms. The molecule has 1 heterocycles. The second kappa shape index (κ2) is 4.77. The number of alkyl halides is 2. The Bertz CT molecular complexity index is 291. The average molecular weight is 222 g/mol. The van der Waals surface area contributed by atoms with E-state index in [1.807, 2.05) is 12.3 Å². The lowest BCUT2D eigenvalue weighted by molar-refractivity contribution is -0.0477. The summed E-state index contributed by atoms with van der Waals surface area (Å²) < 4.78 is 25.1. The number of hydrogen-bond acceptors (Lipinski definition) is 4. The molecule has 0 saturated heterocycles. The highest BCUT2D eigenvalue weighted by atomic mass is 32.1. The zero-order chi connectivity index (χ0) is 10.6. The fourth-order valence-corrected chi connectivity index (χ4v) is 1.63. The molecule has 0 aliphatic carbocycles. The molecule has 0 aliphatic rings. The number of aliphatic hydroxyl groups is 1. The average Bonchev–Trinajstić information content (AvgIpc) is 2.51. The third-order valence-electron chi connectivity index (χ3n) is 1.56. The predicted molar refractivity (Wildman–Crippen MR) is 50.6 cm³/mol. The zero-order valence-electron chi connectivity index (χ0n) is 7.76.